The van der Waals surface area contributed by atoms with Crippen LogP contribution in [0.2, 0.25) is 0 Å². The van der Waals surface area contributed by atoms with Gasteiger partial charge in [0.25, 0.3) is 0 Å². The minimum Gasteiger partial charge on any atom is -0.452 e. The third-order valence-electron chi connectivity index (χ3n) is 5.25. The molecular weight excluding hydrogens is 422 g/mol. The van der Waals surface area contributed by atoms with Gasteiger partial charge in [-0.1, -0.05) is 66.4 Å². The van der Waals surface area contributed by atoms with E-state index in [9.17, 15) is 0 Å². The second-order valence-electron chi connectivity index (χ2n) is 7.31. The van der Waals surface area contributed by atoms with Crippen molar-refractivity contribution in [2.24, 2.45) is 0 Å². The zero-order valence-corrected chi connectivity index (χ0v) is 18.4. The van der Waals surface area contributed by atoms with Gasteiger partial charge in [-0.25, -0.2) is 0 Å². The van der Waals surface area contributed by atoms with E-state index in [4.69, 9.17) is 16.6 Å². The lowest BCUT2D eigenvalue weighted by Gasteiger charge is -2.26. The van der Waals surface area contributed by atoms with E-state index < -0.39 is 0 Å². The maximum absolute atomic E-state index is 6.33. The molecule has 1 fully saturated rings. The number of furan rings is 1. The Labute approximate surface area is 191 Å². The molecule has 31 heavy (non-hydrogen) atoms. The standard InChI is InChI=1S/C25H21N3OS2/c30-25-27-23(20-13-7-8-16-26-20)24(28(25)17-18-9-3-1-4-10-18)21-14-15-22(29-21)31-19-11-5-2-6-12-19/h1-16,23-24H,17H2,(H,27,30). The van der Waals surface area contributed by atoms with Crippen molar-refractivity contribution in [3.05, 3.63) is 114 Å². The predicted octanol–water partition coefficient (Wildman–Crippen LogP) is 6.00. The Hall–Kier alpha value is -3.09. The fourth-order valence-corrected chi connectivity index (χ4v) is 4.92. The van der Waals surface area contributed by atoms with Gasteiger partial charge in [0.1, 0.15) is 11.8 Å². The van der Waals surface area contributed by atoms with Crippen LogP contribution in [0.5, 0.6) is 0 Å². The molecule has 2 aromatic heterocycles. The molecule has 1 aliphatic heterocycles. The summed E-state index contributed by atoms with van der Waals surface area (Å²) in [6.07, 6.45) is 1.82. The van der Waals surface area contributed by atoms with E-state index in [1.165, 1.54) is 5.56 Å². The largest absolute Gasteiger partial charge is 0.452 e. The zero-order chi connectivity index (χ0) is 21.0. The zero-order valence-electron chi connectivity index (χ0n) is 16.7. The molecule has 1 N–H and O–H groups in total. The van der Waals surface area contributed by atoms with E-state index in [0.29, 0.717) is 11.7 Å². The van der Waals surface area contributed by atoms with Crippen molar-refractivity contribution in [3.63, 3.8) is 0 Å². The van der Waals surface area contributed by atoms with Gasteiger partial charge >= 0.3 is 0 Å². The van der Waals surface area contributed by atoms with Crippen molar-refractivity contribution in [3.8, 4) is 0 Å². The Bertz CT molecular complexity index is 1150. The number of hydrogen-bond donors (Lipinski definition) is 1. The maximum atomic E-state index is 6.33. The van der Waals surface area contributed by atoms with Gasteiger partial charge in [-0.05, 0) is 54.2 Å². The lowest BCUT2D eigenvalue weighted by molar-refractivity contribution is 0.254. The lowest BCUT2D eigenvalue weighted by atomic mass is 10.0. The molecule has 5 rings (SSSR count). The van der Waals surface area contributed by atoms with Crippen LogP contribution in [0.3, 0.4) is 0 Å². The van der Waals surface area contributed by atoms with E-state index >= 15 is 0 Å². The molecule has 0 spiro atoms. The van der Waals surface area contributed by atoms with Crippen molar-refractivity contribution in [2.45, 2.75) is 28.6 Å². The smallest absolute Gasteiger partial charge is 0.170 e. The molecule has 0 bridgehead atoms. The van der Waals surface area contributed by atoms with Crippen LogP contribution < -0.4 is 5.32 Å². The van der Waals surface area contributed by atoms with Crippen LogP contribution in [-0.2, 0) is 6.54 Å². The molecule has 0 amide bonds. The topological polar surface area (TPSA) is 41.3 Å². The number of aromatic nitrogens is 1. The fourth-order valence-electron chi connectivity index (χ4n) is 3.82. The molecule has 2 unspecified atom stereocenters. The van der Waals surface area contributed by atoms with Crippen LogP contribution in [0.4, 0.5) is 0 Å². The van der Waals surface area contributed by atoms with Gasteiger partial charge in [0, 0.05) is 17.6 Å². The van der Waals surface area contributed by atoms with Crippen LogP contribution >= 0.6 is 24.0 Å². The number of pyridine rings is 1. The molecule has 2 aromatic carbocycles. The van der Waals surface area contributed by atoms with Gasteiger partial charge in [-0.15, -0.1) is 0 Å². The molecule has 4 aromatic rings. The first-order valence-electron chi connectivity index (χ1n) is 10.1. The summed E-state index contributed by atoms with van der Waals surface area (Å²) in [6.45, 7) is 0.697. The Morgan fingerprint density at radius 2 is 1.65 bits per heavy atom. The minimum absolute atomic E-state index is 0.0851. The van der Waals surface area contributed by atoms with Crippen LogP contribution in [0.25, 0.3) is 0 Å². The third kappa shape index (κ3) is 4.36. The highest BCUT2D eigenvalue weighted by Crippen LogP contribution is 2.41. The summed E-state index contributed by atoms with van der Waals surface area (Å²) in [7, 11) is 0. The summed E-state index contributed by atoms with van der Waals surface area (Å²) in [5.41, 5.74) is 2.14. The highest BCUT2D eigenvalue weighted by molar-refractivity contribution is 7.99. The van der Waals surface area contributed by atoms with Crippen molar-refractivity contribution < 1.29 is 4.42 Å². The van der Waals surface area contributed by atoms with E-state index in [1.54, 1.807) is 11.8 Å². The van der Waals surface area contributed by atoms with E-state index in [-0.39, 0.29) is 12.1 Å². The van der Waals surface area contributed by atoms with Crippen molar-refractivity contribution in [1.82, 2.24) is 15.2 Å². The summed E-state index contributed by atoms with van der Waals surface area (Å²) in [5.74, 6) is 0.873. The molecule has 0 saturated carbocycles. The second-order valence-corrected chi connectivity index (χ2v) is 8.78. The first-order valence-corrected chi connectivity index (χ1v) is 11.3. The monoisotopic (exact) mass is 443 g/mol. The Morgan fingerprint density at radius 1 is 0.903 bits per heavy atom. The minimum atomic E-state index is -0.0901. The van der Waals surface area contributed by atoms with Crippen LogP contribution in [0.15, 0.2) is 112 Å². The summed E-state index contributed by atoms with van der Waals surface area (Å²) in [5, 5.41) is 5.04. The normalized spacial score (nSPS) is 18.2. The number of nitrogens with one attached hydrogen (secondary N) is 1. The van der Waals surface area contributed by atoms with Crippen LogP contribution in [0, 0.1) is 0 Å². The molecule has 154 valence electrons. The summed E-state index contributed by atoms with van der Waals surface area (Å²) >= 11 is 7.36. The third-order valence-corrected chi connectivity index (χ3v) is 6.53. The fraction of sp³-hybridized carbons (Fsp3) is 0.120. The SMILES string of the molecule is S=C1NC(c2ccccn2)C(c2ccc(Sc3ccccc3)o2)N1Cc1ccccc1. The summed E-state index contributed by atoms with van der Waals surface area (Å²) in [6, 6.07) is 30.5. The average Bonchev–Trinajstić information content (AvgIpc) is 3.40. The van der Waals surface area contributed by atoms with Gasteiger partial charge in [-0.2, -0.15) is 0 Å². The van der Waals surface area contributed by atoms with E-state index in [0.717, 1.165) is 21.4 Å². The van der Waals surface area contributed by atoms with Crippen molar-refractivity contribution in [2.75, 3.05) is 0 Å². The maximum Gasteiger partial charge on any atom is 0.170 e. The van der Waals surface area contributed by atoms with Gasteiger partial charge in [0.15, 0.2) is 10.2 Å². The van der Waals surface area contributed by atoms with E-state index in [1.807, 2.05) is 54.7 Å². The molecule has 0 radical (unpaired) electrons. The number of hydrogen-bond acceptors (Lipinski definition) is 4. The molecule has 2 atom stereocenters. The molecule has 1 saturated heterocycles. The number of thiocarbonyl (C=S) groups is 1. The first-order chi connectivity index (χ1) is 15.3. The van der Waals surface area contributed by atoms with Gasteiger partial charge in [0.2, 0.25) is 0 Å². The molecule has 4 nitrogen and oxygen atoms in total. The average molecular weight is 444 g/mol. The Balaban J connectivity index is 1.48. The van der Waals surface area contributed by atoms with Crippen molar-refractivity contribution >= 4 is 29.1 Å². The summed E-state index contributed by atoms with van der Waals surface area (Å²) < 4.78 is 6.33. The Morgan fingerprint density at radius 3 is 2.39 bits per heavy atom. The number of rotatable bonds is 6. The lowest BCUT2D eigenvalue weighted by Crippen LogP contribution is -2.28. The van der Waals surface area contributed by atoms with Crippen molar-refractivity contribution in [1.29, 1.82) is 0 Å². The van der Waals surface area contributed by atoms with Crippen LogP contribution in [-0.4, -0.2) is 15.0 Å². The van der Waals surface area contributed by atoms with Gasteiger partial charge in [-0.3, -0.25) is 4.98 Å². The predicted molar refractivity (Wildman–Crippen MR) is 127 cm³/mol. The molecule has 3 heterocycles. The number of benzene rings is 2. The summed E-state index contributed by atoms with van der Waals surface area (Å²) in [4.78, 5) is 7.93. The molecule has 6 heteroatoms. The first kappa shape index (κ1) is 19.8. The quantitative estimate of drug-likeness (QED) is 0.369. The highest BCUT2D eigenvalue weighted by Gasteiger charge is 2.41. The number of nitrogens with zero attached hydrogens (tertiary/aromatic N) is 2. The molecular formula is C25H21N3OS2. The molecule has 0 aliphatic carbocycles. The van der Waals surface area contributed by atoms with Gasteiger partial charge in [0.05, 0.1) is 11.7 Å². The highest BCUT2D eigenvalue weighted by atomic mass is 32.2. The Kier molecular flexibility index (Phi) is 5.74. The molecule has 1 aliphatic rings. The van der Waals surface area contributed by atoms with Gasteiger partial charge < -0.3 is 14.6 Å². The van der Waals surface area contributed by atoms with Crippen LogP contribution in [0.1, 0.15) is 29.1 Å². The second kappa shape index (κ2) is 8.96. The van der Waals surface area contributed by atoms with E-state index in [2.05, 4.69) is 57.7 Å².